The van der Waals surface area contributed by atoms with Crippen LogP contribution in [0.2, 0.25) is 0 Å². The molecule has 1 aliphatic heterocycles. The van der Waals surface area contributed by atoms with Crippen molar-refractivity contribution in [2.24, 2.45) is 16.8 Å². The van der Waals surface area contributed by atoms with Gasteiger partial charge in [0.2, 0.25) is 11.8 Å². The minimum absolute atomic E-state index is 0.131. The number of anilines is 1. The van der Waals surface area contributed by atoms with Crippen molar-refractivity contribution < 1.29 is 9.59 Å². The number of hydrogen-bond donors (Lipinski definition) is 3. The molecule has 31 heavy (non-hydrogen) atoms. The van der Waals surface area contributed by atoms with Crippen molar-refractivity contribution in [3.05, 3.63) is 29.8 Å². The number of nitrogens with zero attached hydrogens (tertiary/aromatic N) is 2. The molecule has 1 heterocycles. The van der Waals surface area contributed by atoms with Crippen LogP contribution in [0.4, 0.5) is 5.69 Å². The standard InChI is InChI=1S/C24H35N5O2/c1-25-24(28-21-12-13-29(16-21)23(31)19-7-2-3-8-19)26-15-17-6-4-11-20(14-17)27-22(30)18-9-5-10-18/h4,6,11,14,18-19,21H,2-3,5,7-10,12-13,15-16H2,1H3,(H,27,30)(H2,25,26,28). The molecule has 1 unspecified atom stereocenters. The monoisotopic (exact) mass is 425 g/mol. The smallest absolute Gasteiger partial charge is 0.227 e. The van der Waals surface area contributed by atoms with Crippen LogP contribution in [0.15, 0.2) is 29.3 Å². The van der Waals surface area contributed by atoms with Crippen molar-refractivity contribution in [3.8, 4) is 0 Å². The SMILES string of the molecule is CN=C(NCc1cccc(NC(=O)C2CCC2)c1)NC1CCN(C(=O)C2CCCC2)C1. The van der Waals surface area contributed by atoms with Gasteiger partial charge in [-0.15, -0.1) is 0 Å². The lowest BCUT2D eigenvalue weighted by Gasteiger charge is -2.24. The number of amides is 2. The lowest BCUT2D eigenvalue weighted by molar-refractivity contribution is -0.134. The molecule has 2 amide bonds. The van der Waals surface area contributed by atoms with E-state index in [0.29, 0.717) is 12.5 Å². The first-order chi connectivity index (χ1) is 15.1. The fraction of sp³-hybridized carbons (Fsp3) is 0.625. The summed E-state index contributed by atoms with van der Waals surface area (Å²) in [7, 11) is 1.76. The average Bonchev–Trinajstić information content (AvgIpc) is 3.42. The Hall–Kier alpha value is -2.57. The fourth-order valence-corrected chi connectivity index (χ4v) is 4.76. The number of likely N-dealkylation sites (tertiary alicyclic amines) is 1. The van der Waals surface area contributed by atoms with E-state index in [1.54, 1.807) is 7.05 Å². The Bertz CT molecular complexity index is 814. The number of aliphatic imine (C=N–C) groups is 1. The average molecular weight is 426 g/mol. The van der Waals surface area contributed by atoms with Crippen molar-refractivity contribution in [2.45, 2.75) is 64.0 Å². The van der Waals surface area contributed by atoms with Gasteiger partial charge in [0, 0.05) is 50.2 Å². The summed E-state index contributed by atoms with van der Waals surface area (Å²) in [5, 5.41) is 9.86. The molecule has 0 radical (unpaired) electrons. The van der Waals surface area contributed by atoms with Crippen LogP contribution in [0, 0.1) is 11.8 Å². The molecule has 3 fully saturated rings. The van der Waals surface area contributed by atoms with E-state index in [1.807, 2.05) is 29.2 Å². The van der Waals surface area contributed by atoms with Crippen LogP contribution in [-0.4, -0.2) is 48.9 Å². The van der Waals surface area contributed by atoms with E-state index in [-0.39, 0.29) is 23.8 Å². The first kappa shape index (κ1) is 21.7. The van der Waals surface area contributed by atoms with Gasteiger partial charge < -0.3 is 20.9 Å². The van der Waals surface area contributed by atoms with Crippen LogP contribution in [0.3, 0.4) is 0 Å². The maximum atomic E-state index is 12.7. The third-order valence-electron chi connectivity index (χ3n) is 6.90. The van der Waals surface area contributed by atoms with Gasteiger partial charge in [-0.3, -0.25) is 14.6 Å². The van der Waals surface area contributed by atoms with E-state index in [4.69, 9.17) is 0 Å². The molecule has 7 heteroatoms. The van der Waals surface area contributed by atoms with E-state index < -0.39 is 0 Å². The van der Waals surface area contributed by atoms with Crippen molar-refractivity contribution in [3.63, 3.8) is 0 Å². The quantitative estimate of drug-likeness (QED) is 0.483. The third kappa shape index (κ3) is 5.57. The van der Waals surface area contributed by atoms with Crippen molar-refractivity contribution in [1.29, 1.82) is 0 Å². The number of nitrogens with one attached hydrogen (secondary N) is 3. The molecule has 3 aliphatic rings. The molecule has 0 spiro atoms. The molecule has 0 aromatic heterocycles. The minimum Gasteiger partial charge on any atom is -0.352 e. The van der Waals surface area contributed by atoms with Crippen LogP contribution in [0.5, 0.6) is 0 Å². The van der Waals surface area contributed by atoms with E-state index in [9.17, 15) is 9.59 Å². The number of guanidine groups is 1. The number of carbonyl (C=O) groups excluding carboxylic acids is 2. The molecule has 1 atom stereocenters. The Kier molecular flexibility index (Phi) is 7.10. The van der Waals surface area contributed by atoms with Gasteiger partial charge >= 0.3 is 0 Å². The van der Waals surface area contributed by atoms with Crippen molar-refractivity contribution in [1.82, 2.24) is 15.5 Å². The van der Waals surface area contributed by atoms with Crippen LogP contribution < -0.4 is 16.0 Å². The zero-order chi connectivity index (χ0) is 21.6. The highest BCUT2D eigenvalue weighted by Crippen LogP contribution is 2.28. The molecular weight excluding hydrogens is 390 g/mol. The second kappa shape index (κ2) is 10.2. The molecule has 2 aliphatic carbocycles. The van der Waals surface area contributed by atoms with E-state index >= 15 is 0 Å². The van der Waals surface area contributed by atoms with Gasteiger partial charge in [-0.1, -0.05) is 31.4 Å². The van der Waals surface area contributed by atoms with Crippen LogP contribution in [-0.2, 0) is 16.1 Å². The van der Waals surface area contributed by atoms with Crippen LogP contribution >= 0.6 is 0 Å². The molecule has 3 N–H and O–H groups in total. The molecular formula is C24H35N5O2. The summed E-state index contributed by atoms with van der Waals surface area (Å²) in [6.07, 6.45) is 8.58. The van der Waals surface area contributed by atoms with E-state index in [1.165, 1.54) is 12.8 Å². The Morgan fingerprint density at radius 1 is 1.06 bits per heavy atom. The summed E-state index contributed by atoms with van der Waals surface area (Å²) in [4.78, 5) is 31.2. The van der Waals surface area contributed by atoms with Crippen LogP contribution in [0.25, 0.3) is 0 Å². The molecule has 7 nitrogen and oxygen atoms in total. The largest absolute Gasteiger partial charge is 0.352 e. The maximum Gasteiger partial charge on any atom is 0.227 e. The topological polar surface area (TPSA) is 85.8 Å². The minimum atomic E-state index is 0.131. The predicted molar refractivity (Wildman–Crippen MR) is 123 cm³/mol. The molecule has 2 saturated carbocycles. The Morgan fingerprint density at radius 3 is 2.55 bits per heavy atom. The Balaban J connectivity index is 1.24. The highest BCUT2D eigenvalue weighted by molar-refractivity contribution is 5.93. The van der Waals surface area contributed by atoms with Crippen LogP contribution in [0.1, 0.15) is 56.9 Å². The number of hydrogen-bond acceptors (Lipinski definition) is 3. The molecule has 1 aromatic carbocycles. The Labute approximate surface area is 185 Å². The van der Waals surface area contributed by atoms with Crippen molar-refractivity contribution in [2.75, 3.05) is 25.5 Å². The van der Waals surface area contributed by atoms with E-state index in [2.05, 4.69) is 20.9 Å². The van der Waals surface area contributed by atoms with Gasteiger partial charge in [-0.05, 0) is 49.8 Å². The molecule has 4 rings (SSSR count). The number of benzene rings is 1. The maximum absolute atomic E-state index is 12.7. The van der Waals surface area contributed by atoms with E-state index in [0.717, 1.165) is 68.8 Å². The number of rotatable bonds is 6. The molecule has 1 saturated heterocycles. The summed E-state index contributed by atoms with van der Waals surface area (Å²) in [6, 6.07) is 8.17. The molecule has 0 bridgehead atoms. The summed E-state index contributed by atoms with van der Waals surface area (Å²) in [5.41, 5.74) is 1.93. The highest BCUT2D eigenvalue weighted by atomic mass is 16.2. The summed E-state index contributed by atoms with van der Waals surface area (Å²) in [6.45, 7) is 2.19. The van der Waals surface area contributed by atoms with Gasteiger partial charge in [0.15, 0.2) is 5.96 Å². The first-order valence-electron chi connectivity index (χ1n) is 11.8. The Morgan fingerprint density at radius 2 is 1.84 bits per heavy atom. The lowest BCUT2D eigenvalue weighted by Crippen LogP contribution is -2.45. The summed E-state index contributed by atoms with van der Waals surface area (Å²) in [5.74, 6) is 1.63. The van der Waals surface area contributed by atoms with Crippen molar-refractivity contribution >= 4 is 23.5 Å². The predicted octanol–water partition coefficient (Wildman–Crippen LogP) is 2.88. The first-order valence-corrected chi connectivity index (χ1v) is 11.8. The summed E-state index contributed by atoms with van der Waals surface area (Å²) >= 11 is 0. The zero-order valence-electron chi connectivity index (χ0n) is 18.5. The van der Waals surface area contributed by atoms with Gasteiger partial charge in [0.1, 0.15) is 0 Å². The second-order valence-corrected chi connectivity index (χ2v) is 9.14. The van der Waals surface area contributed by atoms with Gasteiger partial charge in [-0.25, -0.2) is 0 Å². The molecule has 1 aromatic rings. The molecule has 168 valence electrons. The second-order valence-electron chi connectivity index (χ2n) is 9.14. The fourth-order valence-electron chi connectivity index (χ4n) is 4.76. The summed E-state index contributed by atoms with van der Waals surface area (Å²) < 4.78 is 0. The zero-order valence-corrected chi connectivity index (χ0v) is 18.5. The third-order valence-corrected chi connectivity index (χ3v) is 6.90. The van der Waals surface area contributed by atoms with Gasteiger partial charge in [-0.2, -0.15) is 0 Å². The normalized spacial score (nSPS) is 22.3. The highest BCUT2D eigenvalue weighted by Gasteiger charge is 2.32. The lowest BCUT2D eigenvalue weighted by atomic mass is 9.85. The van der Waals surface area contributed by atoms with Gasteiger partial charge in [0.25, 0.3) is 0 Å². The number of carbonyl (C=O) groups is 2. The van der Waals surface area contributed by atoms with Gasteiger partial charge in [0.05, 0.1) is 0 Å².